The number of alkyl halides is 4. The second-order valence-electron chi connectivity index (χ2n) is 4.77. The number of aromatic nitrogens is 3. The van der Waals surface area contributed by atoms with E-state index in [-0.39, 0.29) is 18.8 Å². The summed E-state index contributed by atoms with van der Waals surface area (Å²) in [6, 6.07) is 0. The topological polar surface area (TPSA) is 30.7 Å². The van der Waals surface area contributed by atoms with E-state index in [0.29, 0.717) is 17.6 Å². The normalized spacial score (nSPS) is 25.4. The van der Waals surface area contributed by atoms with Gasteiger partial charge in [0.15, 0.2) is 0 Å². The third kappa shape index (κ3) is 2.70. The van der Waals surface area contributed by atoms with Gasteiger partial charge in [-0.3, -0.25) is 0 Å². The number of rotatable bonds is 2. The maximum absolute atomic E-state index is 12.8. The van der Waals surface area contributed by atoms with Crippen molar-refractivity contribution in [3.63, 3.8) is 0 Å². The van der Waals surface area contributed by atoms with E-state index in [1.807, 2.05) is 7.05 Å². The number of halogens is 4. The molecule has 2 unspecified atom stereocenters. The molecule has 0 N–H and O–H groups in total. The third-order valence-electron chi connectivity index (χ3n) is 3.62. The number of hydrogen-bond acceptors (Lipinski definition) is 2. The van der Waals surface area contributed by atoms with Gasteiger partial charge in [0.1, 0.15) is 11.6 Å². The Morgan fingerprint density at radius 2 is 2.06 bits per heavy atom. The molecule has 7 heteroatoms. The molecule has 1 heterocycles. The number of nitrogens with zero attached hydrogens (tertiary/aromatic N) is 3. The van der Waals surface area contributed by atoms with Crippen molar-refractivity contribution in [3.8, 4) is 0 Å². The average molecular weight is 326 g/mol. The molecule has 0 aliphatic heterocycles. The molecule has 18 heavy (non-hydrogen) atoms. The molecule has 3 nitrogen and oxygen atoms in total. The smallest absolute Gasteiger partial charge is 0.317 e. The summed E-state index contributed by atoms with van der Waals surface area (Å²) in [5.74, 6) is 0.105. The molecule has 0 radical (unpaired) electrons. The van der Waals surface area contributed by atoms with E-state index >= 15 is 0 Å². The van der Waals surface area contributed by atoms with Gasteiger partial charge in [0.25, 0.3) is 0 Å². The van der Waals surface area contributed by atoms with Gasteiger partial charge in [-0.1, -0.05) is 22.4 Å². The monoisotopic (exact) mass is 325 g/mol. The van der Waals surface area contributed by atoms with Gasteiger partial charge in [-0.05, 0) is 19.3 Å². The van der Waals surface area contributed by atoms with Crippen LogP contribution in [0.2, 0.25) is 0 Å². The first-order valence-corrected chi connectivity index (χ1v) is 7.06. The van der Waals surface area contributed by atoms with Gasteiger partial charge >= 0.3 is 6.18 Å². The lowest BCUT2D eigenvalue weighted by Gasteiger charge is -2.29. The minimum atomic E-state index is -4.09. The Hall–Kier alpha value is -0.590. The molecule has 1 aromatic rings. The molecule has 0 saturated heterocycles. The first kappa shape index (κ1) is 13.8. The summed E-state index contributed by atoms with van der Waals surface area (Å²) in [5.41, 5.74) is 0. The van der Waals surface area contributed by atoms with E-state index in [1.165, 1.54) is 0 Å². The van der Waals surface area contributed by atoms with E-state index in [1.54, 1.807) is 4.57 Å². The lowest BCUT2D eigenvalue weighted by Crippen LogP contribution is -2.29. The van der Waals surface area contributed by atoms with Crippen molar-refractivity contribution in [2.24, 2.45) is 13.0 Å². The van der Waals surface area contributed by atoms with Gasteiger partial charge in [0.2, 0.25) is 0 Å². The van der Waals surface area contributed by atoms with Gasteiger partial charge in [-0.25, -0.2) is 0 Å². The van der Waals surface area contributed by atoms with Crippen LogP contribution in [0, 0.1) is 5.92 Å². The highest BCUT2D eigenvalue weighted by molar-refractivity contribution is 9.08. The van der Waals surface area contributed by atoms with E-state index in [0.717, 1.165) is 12.2 Å². The molecule has 2 atom stereocenters. The van der Waals surface area contributed by atoms with Crippen LogP contribution in [0.1, 0.15) is 43.3 Å². The zero-order valence-corrected chi connectivity index (χ0v) is 11.6. The molecular weight excluding hydrogens is 311 g/mol. The zero-order chi connectivity index (χ0) is 13.3. The first-order chi connectivity index (χ1) is 8.43. The standard InChI is InChI=1S/C11H15BrF3N3/c1-18-9(6-12)16-17-10(18)7-3-2-4-8(5-7)11(13,14)15/h7-8H,2-6H2,1H3. The van der Waals surface area contributed by atoms with E-state index in [2.05, 4.69) is 26.1 Å². The van der Waals surface area contributed by atoms with Crippen LogP contribution in [-0.4, -0.2) is 20.9 Å². The summed E-state index contributed by atoms with van der Waals surface area (Å²) in [7, 11) is 1.81. The van der Waals surface area contributed by atoms with Crippen LogP contribution in [0.3, 0.4) is 0 Å². The molecule has 0 amide bonds. The second-order valence-corrected chi connectivity index (χ2v) is 5.33. The van der Waals surface area contributed by atoms with Gasteiger partial charge in [0.05, 0.1) is 11.2 Å². The Bertz CT molecular complexity index is 416. The Labute approximate surface area is 112 Å². The van der Waals surface area contributed by atoms with Crippen LogP contribution in [0.5, 0.6) is 0 Å². The van der Waals surface area contributed by atoms with Gasteiger partial charge in [-0.2, -0.15) is 13.2 Å². The Balaban J connectivity index is 2.16. The quantitative estimate of drug-likeness (QED) is 0.778. The molecule has 0 aromatic carbocycles. The Kier molecular flexibility index (Phi) is 3.99. The fraction of sp³-hybridized carbons (Fsp3) is 0.818. The van der Waals surface area contributed by atoms with Gasteiger partial charge < -0.3 is 4.57 Å². The van der Waals surface area contributed by atoms with Crippen molar-refractivity contribution in [1.82, 2.24) is 14.8 Å². The second kappa shape index (κ2) is 5.19. The highest BCUT2D eigenvalue weighted by atomic mass is 79.9. The lowest BCUT2D eigenvalue weighted by atomic mass is 9.80. The van der Waals surface area contributed by atoms with Crippen LogP contribution in [-0.2, 0) is 12.4 Å². The van der Waals surface area contributed by atoms with Crippen LogP contribution >= 0.6 is 15.9 Å². The van der Waals surface area contributed by atoms with Crippen molar-refractivity contribution in [1.29, 1.82) is 0 Å². The minimum absolute atomic E-state index is 0.129. The summed E-state index contributed by atoms with van der Waals surface area (Å²) < 4.78 is 40.1. The molecule has 102 valence electrons. The zero-order valence-electron chi connectivity index (χ0n) is 10.0. The predicted molar refractivity (Wildman–Crippen MR) is 64.4 cm³/mol. The molecule has 2 rings (SSSR count). The third-order valence-corrected chi connectivity index (χ3v) is 4.12. The average Bonchev–Trinajstić information content (AvgIpc) is 2.69. The van der Waals surface area contributed by atoms with E-state index in [4.69, 9.17) is 0 Å². The first-order valence-electron chi connectivity index (χ1n) is 5.94. The van der Waals surface area contributed by atoms with Crippen LogP contribution in [0.25, 0.3) is 0 Å². The van der Waals surface area contributed by atoms with Crippen molar-refractivity contribution in [2.45, 2.75) is 43.1 Å². The van der Waals surface area contributed by atoms with Crippen LogP contribution < -0.4 is 0 Å². The van der Waals surface area contributed by atoms with Crippen molar-refractivity contribution >= 4 is 15.9 Å². The van der Waals surface area contributed by atoms with Crippen molar-refractivity contribution in [2.75, 3.05) is 0 Å². The molecule has 0 spiro atoms. The maximum atomic E-state index is 12.8. The largest absolute Gasteiger partial charge is 0.391 e. The van der Waals surface area contributed by atoms with Gasteiger partial charge in [0, 0.05) is 13.0 Å². The maximum Gasteiger partial charge on any atom is 0.391 e. The fourth-order valence-electron chi connectivity index (χ4n) is 2.57. The number of hydrogen-bond donors (Lipinski definition) is 0. The van der Waals surface area contributed by atoms with Crippen LogP contribution in [0.4, 0.5) is 13.2 Å². The molecule has 1 fully saturated rings. The highest BCUT2D eigenvalue weighted by Gasteiger charge is 2.43. The van der Waals surface area contributed by atoms with E-state index < -0.39 is 12.1 Å². The molecular formula is C11H15BrF3N3. The SMILES string of the molecule is Cn1c(CBr)nnc1C1CCCC(C(F)(F)F)C1. The summed E-state index contributed by atoms with van der Waals surface area (Å²) in [4.78, 5) is 0. The minimum Gasteiger partial charge on any atom is -0.317 e. The summed E-state index contributed by atoms with van der Waals surface area (Å²) >= 11 is 3.29. The Morgan fingerprint density at radius 1 is 1.33 bits per heavy atom. The molecule has 1 aliphatic rings. The lowest BCUT2D eigenvalue weighted by molar-refractivity contribution is -0.183. The van der Waals surface area contributed by atoms with Crippen molar-refractivity contribution in [3.05, 3.63) is 11.6 Å². The highest BCUT2D eigenvalue weighted by Crippen LogP contribution is 2.43. The van der Waals surface area contributed by atoms with Crippen molar-refractivity contribution < 1.29 is 13.2 Å². The van der Waals surface area contributed by atoms with E-state index in [9.17, 15) is 13.2 Å². The summed E-state index contributed by atoms with van der Waals surface area (Å²) in [6.45, 7) is 0. The summed E-state index contributed by atoms with van der Waals surface area (Å²) in [6.07, 6.45) is -2.34. The van der Waals surface area contributed by atoms with Crippen LogP contribution in [0.15, 0.2) is 0 Å². The molecule has 1 aliphatic carbocycles. The fourth-order valence-corrected chi connectivity index (χ4v) is 3.06. The predicted octanol–water partition coefficient (Wildman–Crippen LogP) is 3.55. The Morgan fingerprint density at radius 3 is 2.61 bits per heavy atom. The molecule has 0 bridgehead atoms. The molecule has 1 saturated carbocycles. The molecule has 1 aromatic heterocycles. The van der Waals surface area contributed by atoms with Gasteiger partial charge in [-0.15, -0.1) is 10.2 Å². The summed E-state index contributed by atoms with van der Waals surface area (Å²) in [5, 5.41) is 8.59.